The van der Waals surface area contributed by atoms with Crippen molar-refractivity contribution in [2.24, 2.45) is 0 Å². The molecule has 1 aliphatic rings. The van der Waals surface area contributed by atoms with Gasteiger partial charge in [0.15, 0.2) is 5.76 Å². The molecule has 1 unspecified atom stereocenters. The summed E-state index contributed by atoms with van der Waals surface area (Å²) in [5, 5.41) is 11.7. The normalized spacial score (nSPS) is 16.6. The zero-order valence-corrected chi connectivity index (χ0v) is 24.7. The highest BCUT2D eigenvalue weighted by molar-refractivity contribution is 6.46. The number of aliphatic hydroxyl groups excluding tert-OH is 1. The standard InChI is InChI=1S/C34H38N4O4/c1-5-36(6-2)18-12-20-38-30(26-16-10-17-27(21-26)42-22-25-14-8-7-9-15-25)28(32(40)34(38)41)31(39)29-24(4)37-19-11-13-23(3)33(37)35-29/h7-11,13-17,19,21,30,39H,5-6,12,18,20,22H2,1-4H3/b31-28+. The molecule has 5 rings (SSSR count). The Morgan fingerprint density at radius 2 is 1.76 bits per heavy atom. The van der Waals surface area contributed by atoms with Gasteiger partial charge in [0.25, 0.3) is 11.7 Å². The van der Waals surface area contributed by atoms with Crippen molar-refractivity contribution in [2.45, 2.75) is 46.8 Å². The van der Waals surface area contributed by atoms with Gasteiger partial charge in [-0.3, -0.25) is 9.59 Å². The molecular formula is C34H38N4O4. The minimum Gasteiger partial charge on any atom is -0.505 e. The maximum atomic E-state index is 13.6. The Labute approximate surface area is 246 Å². The Morgan fingerprint density at radius 1 is 1.00 bits per heavy atom. The number of carbonyl (C=O) groups excluding carboxylic acids is 2. The van der Waals surface area contributed by atoms with Crippen molar-refractivity contribution in [2.75, 3.05) is 26.2 Å². The molecule has 42 heavy (non-hydrogen) atoms. The largest absolute Gasteiger partial charge is 0.505 e. The second-order valence-electron chi connectivity index (χ2n) is 10.7. The van der Waals surface area contributed by atoms with Crippen molar-refractivity contribution in [1.29, 1.82) is 0 Å². The number of fused-ring (bicyclic) bond motifs is 1. The van der Waals surface area contributed by atoms with Gasteiger partial charge < -0.3 is 24.0 Å². The summed E-state index contributed by atoms with van der Waals surface area (Å²) in [5.74, 6) is -0.969. The van der Waals surface area contributed by atoms with Gasteiger partial charge in [0.1, 0.15) is 23.7 Å². The van der Waals surface area contributed by atoms with E-state index in [9.17, 15) is 14.7 Å². The average molecular weight is 567 g/mol. The van der Waals surface area contributed by atoms with Gasteiger partial charge in [-0.15, -0.1) is 0 Å². The topological polar surface area (TPSA) is 87.4 Å². The van der Waals surface area contributed by atoms with Crippen molar-refractivity contribution in [3.63, 3.8) is 0 Å². The summed E-state index contributed by atoms with van der Waals surface area (Å²) < 4.78 is 7.97. The Bertz CT molecular complexity index is 1620. The number of ketones is 1. The second-order valence-corrected chi connectivity index (χ2v) is 10.7. The minimum atomic E-state index is -0.771. The van der Waals surface area contributed by atoms with Crippen LogP contribution < -0.4 is 4.74 Å². The molecular weight excluding hydrogens is 528 g/mol. The number of benzene rings is 2. The predicted octanol–water partition coefficient (Wildman–Crippen LogP) is 5.68. The lowest BCUT2D eigenvalue weighted by molar-refractivity contribution is -0.140. The molecule has 3 heterocycles. The SMILES string of the molecule is CCN(CC)CCCN1C(=O)C(=O)/C(=C(/O)c2nc3c(C)cccn3c2C)C1c1cccc(OCc2ccccc2)c1. The molecule has 1 N–H and O–H groups in total. The molecule has 2 aromatic carbocycles. The molecule has 0 saturated carbocycles. The molecule has 2 aromatic heterocycles. The van der Waals surface area contributed by atoms with Crippen molar-refractivity contribution in [1.82, 2.24) is 19.2 Å². The third-order valence-electron chi connectivity index (χ3n) is 8.04. The lowest BCUT2D eigenvalue weighted by Gasteiger charge is -2.27. The van der Waals surface area contributed by atoms with Crippen LogP contribution in [0.15, 0.2) is 78.5 Å². The number of rotatable bonds is 11. The maximum absolute atomic E-state index is 13.6. The number of nitrogens with zero attached hydrogens (tertiary/aromatic N) is 4. The van der Waals surface area contributed by atoms with E-state index in [2.05, 4.69) is 18.7 Å². The van der Waals surface area contributed by atoms with Crippen LogP contribution >= 0.6 is 0 Å². The van der Waals surface area contributed by atoms with E-state index in [0.717, 1.165) is 30.8 Å². The fourth-order valence-corrected chi connectivity index (χ4v) is 5.65. The van der Waals surface area contributed by atoms with Crippen LogP contribution in [-0.2, 0) is 16.2 Å². The molecule has 218 valence electrons. The molecule has 1 saturated heterocycles. The number of carbonyl (C=O) groups is 2. The summed E-state index contributed by atoms with van der Waals surface area (Å²) in [7, 11) is 0. The highest BCUT2D eigenvalue weighted by Crippen LogP contribution is 2.41. The van der Waals surface area contributed by atoms with Gasteiger partial charge in [-0.1, -0.05) is 62.4 Å². The number of amides is 1. The van der Waals surface area contributed by atoms with Crippen LogP contribution in [0.25, 0.3) is 11.4 Å². The minimum absolute atomic E-state index is 0.0483. The van der Waals surface area contributed by atoms with Crippen LogP contribution in [-0.4, -0.2) is 62.2 Å². The number of pyridine rings is 1. The molecule has 1 amide bonds. The van der Waals surface area contributed by atoms with Crippen LogP contribution in [0.2, 0.25) is 0 Å². The number of hydrogen-bond donors (Lipinski definition) is 1. The molecule has 4 aromatic rings. The predicted molar refractivity (Wildman–Crippen MR) is 163 cm³/mol. The summed E-state index contributed by atoms with van der Waals surface area (Å²) in [6.45, 7) is 11.4. The van der Waals surface area contributed by atoms with Crippen LogP contribution in [0.5, 0.6) is 5.75 Å². The van der Waals surface area contributed by atoms with E-state index < -0.39 is 17.7 Å². The zero-order valence-electron chi connectivity index (χ0n) is 24.7. The molecule has 0 bridgehead atoms. The molecule has 1 fully saturated rings. The van der Waals surface area contributed by atoms with Crippen molar-refractivity contribution < 1.29 is 19.4 Å². The van der Waals surface area contributed by atoms with Gasteiger partial charge in [0.05, 0.1) is 17.3 Å². The highest BCUT2D eigenvalue weighted by Gasteiger charge is 2.46. The number of hydrogen-bond acceptors (Lipinski definition) is 6. The summed E-state index contributed by atoms with van der Waals surface area (Å²) in [4.78, 5) is 35.7. The van der Waals surface area contributed by atoms with E-state index in [-0.39, 0.29) is 11.3 Å². The van der Waals surface area contributed by atoms with Gasteiger partial charge in [-0.25, -0.2) is 4.98 Å². The summed E-state index contributed by atoms with van der Waals surface area (Å²) >= 11 is 0. The van der Waals surface area contributed by atoms with E-state index >= 15 is 0 Å². The van der Waals surface area contributed by atoms with E-state index in [1.807, 2.05) is 91.2 Å². The van der Waals surface area contributed by atoms with Crippen molar-refractivity contribution >= 4 is 23.1 Å². The van der Waals surface area contributed by atoms with Crippen LogP contribution in [0.3, 0.4) is 0 Å². The second kappa shape index (κ2) is 12.6. The smallest absolute Gasteiger partial charge is 0.295 e. The third-order valence-corrected chi connectivity index (χ3v) is 8.04. The first-order valence-corrected chi connectivity index (χ1v) is 14.6. The first kappa shape index (κ1) is 29.1. The van der Waals surface area contributed by atoms with Gasteiger partial charge in [0.2, 0.25) is 0 Å². The molecule has 8 nitrogen and oxygen atoms in total. The van der Waals surface area contributed by atoms with Crippen molar-refractivity contribution in [3.05, 3.63) is 107 Å². The van der Waals surface area contributed by atoms with Gasteiger partial charge in [-0.05, 0) is 74.8 Å². The number of aromatic nitrogens is 2. The number of imidazole rings is 1. The fraction of sp³-hybridized carbons (Fsp3) is 0.324. The zero-order chi connectivity index (χ0) is 29.8. The molecule has 0 radical (unpaired) electrons. The van der Waals surface area contributed by atoms with Crippen LogP contribution in [0.1, 0.15) is 54.4 Å². The van der Waals surface area contributed by atoms with E-state index in [1.165, 1.54) is 0 Å². The van der Waals surface area contributed by atoms with E-state index in [1.54, 1.807) is 4.90 Å². The van der Waals surface area contributed by atoms with E-state index in [0.29, 0.717) is 47.9 Å². The summed E-state index contributed by atoms with van der Waals surface area (Å²) in [6, 6.07) is 20.4. The molecule has 0 spiro atoms. The highest BCUT2D eigenvalue weighted by atomic mass is 16.5. The fourth-order valence-electron chi connectivity index (χ4n) is 5.65. The van der Waals surface area contributed by atoms with Gasteiger partial charge in [-0.2, -0.15) is 0 Å². The average Bonchev–Trinajstić information content (AvgIpc) is 3.48. The first-order valence-electron chi connectivity index (χ1n) is 14.6. The number of Topliss-reactive ketones (excluding diaryl/α,β-unsaturated/α-hetero) is 1. The molecule has 8 heteroatoms. The van der Waals surface area contributed by atoms with E-state index in [4.69, 9.17) is 9.72 Å². The van der Waals surface area contributed by atoms with Crippen LogP contribution in [0, 0.1) is 13.8 Å². The van der Waals surface area contributed by atoms with Crippen LogP contribution in [0.4, 0.5) is 0 Å². The monoisotopic (exact) mass is 566 g/mol. The van der Waals surface area contributed by atoms with Gasteiger partial charge >= 0.3 is 0 Å². The number of aliphatic hydroxyl groups is 1. The Morgan fingerprint density at radius 3 is 2.48 bits per heavy atom. The maximum Gasteiger partial charge on any atom is 0.295 e. The Hall–Kier alpha value is -4.43. The molecule has 1 aliphatic heterocycles. The summed E-state index contributed by atoms with van der Waals surface area (Å²) in [6.07, 6.45) is 2.57. The number of likely N-dealkylation sites (tertiary alicyclic amines) is 1. The lowest BCUT2D eigenvalue weighted by Crippen LogP contribution is -2.33. The summed E-state index contributed by atoms with van der Waals surface area (Å²) in [5.41, 5.74) is 4.40. The first-order chi connectivity index (χ1) is 20.3. The Kier molecular flexibility index (Phi) is 8.73. The van der Waals surface area contributed by atoms with Crippen molar-refractivity contribution in [3.8, 4) is 5.75 Å². The molecule has 1 atom stereocenters. The number of ether oxygens (including phenoxy) is 1. The number of aryl methyl sites for hydroxylation is 2. The molecule has 0 aliphatic carbocycles. The third kappa shape index (κ3) is 5.67. The lowest BCUT2D eigenvalue weighted by atomic mass is 9.96. The van der Waals surface area contributed by atoms with Gasteiger partial charge in [0, 0.05) is 12.7 Å². The Balaban J connectivity index is 1.56. The quantitative estimate of drug-likeness (QED) is 0.143.